The van der Waals surface area contributed by atoms with Crippen LogP contribution in [-0.4, -0.2) is 59.8 Å². The van der Waals surface area contributed by atoms with E-state index in [0.717, 1.165) is 19.0 Å². The molecule has 2 rings (SSSR count). The Morgan fingerprint density at radius 3 is 2.39 bits per heavy atom. The molecule has 1 heterocycles. The summed E-state index contributed by atoms with van der Waals surface area (Å²) in [6.45, 7) is 10.5. The second-order valence-electron chi connectivity index (χ2n) is 6.21. The third-order valence-electron chi connectivity index (χ3n) is 4.98. The van der Waals surface area contributed by atoms with Crippen LogP contribution in [0.15, 0.2) is 0 Å². The third-order valence-corrected chi connectivity index (χ3v) is 4.98. The highest BCUT2D eigenvalue weighted by Gasteiger charge is 2.27. The molecule has 0 radical (unpaired) electrons. The van der Waals surface area contributed by atoms with Gasteiger partial charge in [0.2, 0.25) is 0 Å². The number of hydrogen-bond acceptors (Lipinski definition) is 3. The summed E-state index contributed by atoms with van der Waals surface area (Å²) in [5.74, 6) is 0.536. The first-order valence-electron chi connectivity index (χ1n) is 7.85. The topological polar surface area (TPSA) is 26.7 Å². The van der Waals surface area contributed by atoms with Crippen molar-refractivity contribution in [1.29, 1.82) is 0 Å². The predicted molar refractivity (Wildman–Crippen MR) is 75.7 cm³/mol. The second kappa shape index (κ2) is 6.88. The van der Waals surface area contributed by atoms with Gasteiger partial charge in [-0.1, -0.05) is 19.8 Å². The minimum atomic E-state index is -0.0358. The highest BCUT2D eigenvalue weighted by molar-refractivity contribution is 4.81. The molecule has 1 saturated heterocycles. The van der Waals surface area contributed by atoms with Crippen molar-refractivity contribution in [2.45, 2.75) is 58.1 Å². The zero-order chi connectivity index (χ0) is 13.0. The Hall–Kier alpha value is -0.120. The van der Waals surface area contributed by atoms with Crippen molar-refractivity contribution in [2.75, 3.05) is 32.7 Å². The van der Waals surface area contributed by atoms with E-state index in [2.05, 4.69) is 23.6 Å². The first-order chi connectivity index (χ1) is 8.70. The Bertz CT molecular complexity index is 239. The Morgan fingerprint density at radius 2 is 1.78 bits per heavy atom. The molecule has 1 aliphatic heterocycles. The molecule has 3 nitrogen and oxygen atoms in total. The summed E-state index contributed by atoms with van der Waals surface area (Å²) in [4.78, 5) is 5.17. The van der Waals surface area contributed by atoms with Crippen molar-refractivity contribution in [3.8, 4) is 0 Å². The van der Waals surface area contributed by atoms with Gasteiger partial charge in [-0.15, -0.1) is 0 Å². The molecule has 0 aromatic rings. The van der Waals surface area contributed by atoms with E-state index in [-0.39, 0.29) is 6.10 Å². The van der Waals surface area contributed by atoms with E-state index < -0.39 is 0 Å². The van der Waals surface area contributed by atoms with E-state index in [1.165, 1.54) is 51.9 Å². The van der Waals surface area contributed by atoms with Crippen molar-refractivity contribution in [3.05, 3.63) is 0 Å². The molecule has 0 amide bonds. The van der Waals surface area contributed by atoms with Crippen LogP contribution < -0.4 is 0 Å². The first-order valence-corrected chi connectivity index (χ1v) is 7.85. The van der Waals surface area contributed by atoms with Crippen LogP contribution in [0.3, 0.4) is 0 Å². The van der Waals surface area contributed by atoms with Crippen LogP contribution in [0.4, 0.5) is 0 Å². The Balaban J connectivity index is 1.72. The summed E-state index contributed by atoms with van der Waals surface area (Å²) < 4.78 is 0. The molecule has 2 fully saturated rings. The smallest absolute Gasteiger partial charge is 0.0580 e. The summed E-state index contributed by atoms with van der Waals surface area (Å²) in [6.07, 6.45) is 6.01. The number of hydrogen-bond donors (Lipinski definition) is 1. The number of aliphatic hydroxyl groups excluding tert-OH is 1. The van der Waals surface area contributed by atoms with Gasteiger partial charge in [-0.25, -0.2) is 0 Å². The average Bonchev–Trinajstić information content (AvgIpc) is 2.41. The molecule has 18 heavy (non-hydrogen) atoms. The summed E-state index contributed by atoms with van der Waals surface area (Å²) in [6, 6.07) is 0.729. The van der Waals surface area contributed by atoms with Gasteiger partial charge in [-0.2, -0.15) is 0 Å². The fraction of sp³-hybridized carbons (Fsp3) is 1.00. The van der Waals surface area contributed by atoms with Gasteiger partial charge in [0.05, 0.1) is 6.10 Å². The molecule has 0 spiro atoms. The lowest BCUT2D eigenvalue weighted by Gasteiger charge is -2.40. The van der Waals surface area contributed by atoms with E-state index in [0.29, 0.717) is 5.92 Å². The monoisotopic (exact) mass is 254 g/mol. The predicted octanol–water partition coefficient (Wildman–Crippen LogP) is 1.95. The maximum absolute atomic E-state index is 10.0. The van der Waals surface area contributed by atoms with Crippen molar-refractivity contribution in [3.63, 3.8) is 0 Å². The van der Waals surface area contributed by atoms with Gasteiger partial charge in [0.25, 0.3) is 0 Å². The fourth-order valence-corrected chi connectivity index (χ4v) is 3.38. The SMILES string of the molecule is CCC(C)N1CCN(CC2CCCCC2O)CC1. The zero-order valence-electron chi connectivity index (χ0n) is 12.1. The summed E-state index contributed by atoms with van der Waals surface area (Å²) in [5.41, 5.74) is 0. The number of nitrogens with zero attached hydrogens (tertiary/aromatic N) is 2. The molecule has 1 saturated carbocycles. The van der Waals surface area contributed by atoms with Crippen LogP contribution in [-0.2, 0) is 0 Å². The van der Waals surface area contributed by atoms with Crippen LogP contribution >= 0.6 is 0 Å². The van der Waals surface area contributed by atoms with E-state index in [1.807, 2.05) is 0 Å². The van der Waals surface area contributed by atoms with Gasteiger partial charge in [0, 0.05) is 38.8 Å². The maximum Gasteiger partial charge on any atom is 0.0580 e. The Kier molecular flexibility index (Phi) is 5.46. The second-order valence-corrected chi connectivity index (χ2v) is 6.21. The first kappa shape index (κ1) is 14.3. The minimum absolute atomic E-state index is 0.0358. The lowest BCUT2D eigenvalue weighted by molar-refractivity contribution is 0.0274. The summed E-state index contributed by atoms with van der Waals surface area (Å²) >= 11 is 0. The summed E-state index contributed by atoms with van der Waals surface area (Å²) in [5, 5.41) is 10.0. The molecule has 2 aliphatic rings. The molecule has 3 heteroatoms. The zero-order valence-corrected chi connectivity index (χ0v) is 12.1. The highest BCUT2D eigenvalue weighted by Crippen LogP contribution is 2.25. The van der Waals surface area contributed by atoms with Crippen LogP contribution in [0.5, 0.6) is 0 Å². The van der Waals surface area contributed by atoms with E-state index in [1.54, 1.807) is 0 Å². The lowest BCUT2D eigenvalue weighted by Crippen LogP contribution is -2.51. The van der Waals surface area contributed by atoms with E-state index in [9.17, 15) is 5.11 Å². The molecule has 1 N–H and O–H groups in total. The average molecular weight is 254 g/mol. The molecular weight excluding hydrogens is 224 g/mol. The van der Waals surface area contributed by atoms with Crippen molar-refractivity contribution < 1.29 is 5.11 Å². The van der Waals surface area contributed by atoms with E-state index >= 15 is 0 Å². The molecule has 106 valence electrons. The molecule has 3 atom stereocenters. The number of rotatable bonds is 4. The Labute approximate surface area is 112 Å². The van der Waals surface area contributed by atoms with Crippen LogP contribution in [0.2, 0.25) is 0 Å². The maximum atomic E-state index is 10.0. The molecule has 3 unspecified atom stereocenters. The Morgan fingerprint density at radius 1 is 1.11 bits per heavy atom. The minimum Gasteiger partial charge on any atom is -0.393 e. The van der Waals surface area contributed by atoms with Gasteiger partial charge < -0.3 is 10.0 Å². The quantitative estimate of drug-likeness (QED) is 0.831. The lowest BCUT2D eigenvalue weighted by atomic mass is 9.86. The van der Waals surface area contributed by atoms with Gasteiger partial charge in [0.1, 0.15) is 0 Å². The largest absolute Gasteiger partial charge is 0.393 e. The van der Waals surface area contributed by atoms with Gasteiger partial charge >= 0.3 is 0 Å². The fourth-order valence-electron chi connectivity index (χ4n) is 3.38. The molecular formula is C15H30N2O. The van der Waals surface area contributed by atoms with Crippen LogP contribution in [0, 0.1) is 5.92 Å². The van der Waals surface area contributed by atoms with E-state index in [4.69, 9.17) is 0 Å². The van der Waals surface area contributed by atoms with Gasteiger partial charge in [0.15, 0.2) is 0 Å². The molecule has 1 aliphatic carbocycles. The van der Waals surface area contributed by atoms with Crippen LogP contribution in [0.25, 0.3) is 0 Å². The van der Waals surface area contributed by atoms with Crippen LogP contribution in [0.1, 0.15) is 46.0 Å². The standard InChI is InChI=1S/C15H30N2O/c1-3-13(2)17-10-8-16(9-11-17)12-14-6-4-5-7-15(14)18/h13-15,18H,3-12H2,1-2H3. The number of piperazine rings is 1. The normalized spacial score (nSPS) is 33.5. The number of aliphatic hydroxyl groups is 1. The molecule has 0 aromatic heterocycles. The van der Waals surface area contributed by atoms with Crippen molar-refractivity contribution in [1.82, 2.24) is 9.80 Å². The molecule has 0 aromatic carbocycles. The molecule has 0 bridgehead atoms. The van der Waals surface area contributed by atoms with Gasteiger partial charge in [-0.3, -0.25) is 4.90 Å². The van der Waals surface area contributed by atoms with Crippen molar-refractivity contribution >= 4 is 0 Å². The van der Waals surface area contributed by atoms with Gasteiger partial charge in [-0.05, 0) is 32.1 Å². The summed E-state index contributed by atoms with van der Waals surface area (Å²) in [7, 11) is 0. The third kappa shape index (κ3) is 3.69. The highest BCUT2D eigenvalue weighted by atomic mass is 16.3. The van der Waals surface area contributed by atoms with Crippen molar-refractivity contribution in [2.24, 2.45) is 5.92 Å².